The summed E-state index contributed by atoms with van der Waals surface area (Å²) in [5, 5.41) is 9.86. The maximum absolute atomic E-state index is 15.5. The van der Waals surface area contributed by atoms with Crippen LogP contribution in [0, 0.1) is 19.7 Å². The highest BCUT2D eigenvalue weighted by Gasteiger charge is 2.21. The van der Waals surface area contributed by atoms with Crippen LogP contribution in [0.25, 0.3) is 22.3 Å². The summed E-state index contributed by atoms with van der Waals surface area (Å²) in [6.45, 7) is 5.96. The van der Waals surface area contributed by atoms with Gasteiger partial charge in [0.2, 0.25) is 11.6 Å². The lowest BCUT2D eigenvalue weighted by molar-refractivity contribution is -0.127. The van der Waals surface area contributed by atoms with Crippen molar-refractivity contribution in [2.45, 2.75) is 33.2 Å². The van der Waals surface area contributed by atoms with E-state index in [1.54, 1.807) is 12.1 Å². The Kier molecular flexibility index (Phi) is 9.47. The number of carbonyl (C=O) groups is 2. The van der Waals surface area contributed by atoms with Crippen LogP contribution in [-0.4, -0.2) is 57.8 Å². The van der Waals surface area contributed by atoms with Crippen molar-refractivity contribution in [1.29, 1.82) is 0 Å². The number of rotatable bonds is 10. The monoisotopic (exact) mass is 628 g/mol. The molecule has 4 aromatic rings. The van der Waals surface area contributed by atoms with E-state index in [1.807, 2.05) is 49.1 Å². The number of likely N-dealkylation sites (tertiary alicyclic amines) is 1. The minimum absolute atomic E-state index is 0.157. The second kappa shape index (κ2) is 13.5. The summed E-state index contributed by atoms with van der Waals surface area (Å²) in [4.78, 5) is 51.3. The summed E-state index contributed by atoms with van der Waals surface area (Å²) in [5.74, 6) is -0.556. The van der Waals surface area contributed by atoms with E-state index < -0.39 is 28.7 Å². The molecule has 12 heteroatoms. The van der Waals surface area contributed by atoms with Crippen LogP contribution in [0.1, 0.15) is 40.0 Å². The molecule has 0 unspecified atom stereocenters. The number of aromatic nitrogens is 3. The molecule has 0 atom stereocenters. The first-order valence-electron chi connectivity index (χ1n) is 15.0. The number of nitrogens with zero attached hydrogens (tertiary/aromatic N) is 4. The smallest absolute Gasteiger partial charge is 0.346 e. The average Bonchev–Trinajstić information content (AvgIpc) is 3.45. The molecule has 2 amide bonds. The van der Waals surface area contributed by atoms with Crippen LogP contribution < -0.4 is 26.6 Å². The number of hydrogen-bond acceptors (Lipinski definition) is 7. The normalized spacial score (nSPS) is 12.9. The molecule has 46 heavy (non-hydrogen) atoms. The molecule has 240 valence electrons. The predicted octanol–water partition coefficient (Wildman–Crippen LogP) is 3.54. The molecule has 1 aliphatic heterocycles. The van der Waals surface area contributed by atoms with Crippen LogP contribution in [0.3, 0.4) is 0 Å². The van der Waals surface area contributed by atoms with Crippen molar-refractivity contribution in [3.63, 3.8) is 0 Å². The molecule has 1 fully saturated rings. The SMILES string of the molecule is COc1cc(-c2cccc(-c3cccc(NC(=O)c4nn(C)c(=O)n(C)c4=O)c3C)c2C)cc(F)c1CNCCN1CCCC1=O. The molecule has 0 radical (unpaired) electrons. The maximum atomic E-state index is 15.5. The second-order valence-electron chi connectivity index (χ2n) is 11.3. The Morgan fingerprint density at radius 2 is 1.70 bits per heavy atom. The van der Waals surface area contributed by atoms with E-state index in [2.05, 4.69) is 15.7 Å². The van der Waals surface area contributed by atoms with E-state index in [-0.39, 0.29) is 12.5 Å². The van der Waals surface area contributed by atoms with E-state index in [0.29, 0.717) is 42.1 Å². The number of carbonyl (C=O) groups excluding carboxylic acids is 2. The molecule has 1 aliphatic rings. The summed E-state index contributed by atoms with van der Waals surface area (Å²) in [7, 11) is 4.17. The van der Waals surface area contributed by atoms with Gasteiger partial charge in [0, 0.05) is 57.9 Å². The molecular formula is C34H37FN6O5. The van der Waals surface area contributed by atoms with Crippen molar-refractivity contribution in [2.24, 2.45) is 14.1 Å². The van der Waals surface area contributed by atoms with Crippen LogP contribution in [-0.2, 0) is 25.4 Å². The van der Waals surface area contributed by atoms with Crippen LogP contribution >= 0.6 is 0 Å². The Labute approximate surface area is 265 Å². The van der Waals surface area contributed by atoms with Crippen LogP contribution in [0.4, 0.5) is 10.1 Å². The second-order valence-corrected chi connectivity index (χ2v) is 11.3. The number of benzene rings is 3. The van der Waals surface area contributed by atoms with Gasteiger partial charge >= 0.3 is 5.69 Å². The lowest BCUT2D eigenvalue weighted by Crippen LogP contribution is -2.43. The van der Waals surface area contributed by atoms with Crippen molar-refractivity contribution in [1.82, 2.24) is 24.6 Å². The van der Waals surface area contributed by atoms with Crippen molar-refractivity contribution in [3.05, 3.63) is 97.6 Å². The van der Waals surface area contributed by atoms with Crippen molar-refractivity contribution < 1.29 is 18.7 Å². The van der Waals surface area contributed by atoms with E-state index in [4.69, 9.17) is 4.74 Å². The molecule has 0 bridgehead atoms. The molecule has 0 spiro atoms. The number of ether oxygens (including phenoxy) is 1. The average molecular weight is 629 g/mol. The van der Waals surface area contributed by atoms with Crippen molar-refractivity contribution >= 4 is 17.5 Å². The Balaban J connectivity index is 1.40. The van der Waals surface area contributed by atoms with E-state index >= 15 is 4.39 Å². The van der Waals surface area contributed by atoms with Crippen LogP contribution in [0.5, 0.6) is 5.75 Å². The predicted molar refractivity (Wildman–Crippen MR) is 173 cm³/mol. The maximum Gasteiger partial charge on any atom is 0.346 e. The van der Waals surface area contributed by atoms with Crippen molar-refractivity contribution in [2.75, 3.05) is 32.1 Å². The third-order valence-electron chi connectivity index (χ3n) is 8.46. The van der Waals surface area contributed by atoms with Gasteiger partial charge in [-0.05, 0) is 71.8 Å². The Morgan fingerprint density at radius 1 is 1.00 bits per heavy atom. The van der Waals surface area contributed by atoms with E-state index in [0.717, 1.165) is 50.0 Å². The Morgan fingerprint density at radius 3 is 2.39 bits per heavy atom. The van der Waals surface area contributed by atoms with Gasteiger partial charge in [-0.3, -0.25) is 19.0 Å². The fraction of sp³-hybridized carbons (Fsp3) is 0.324. The highest BCUT2D eigenvalue weighted by molar-refractivity contribution is 6.03. The number of aryl methyl sites for hydroxylation is 1. The fourth-order valence-corrected chi connectivity index (χ4v) is 5.81. The summed E-state index contributed by atoms with van der Waals surface area (Å²) in [6, 6.07) is 14.5. The molecule has 1 saturated heterocycles. The van der Waals surface area contributed by atoms with Gasteiger partial charge in [-0.2, -0.15) is 5.10 Å². The quantitative estimate of drug-likeness (QED) is 0.257. The molecule has 3 aromatic carbocycles. The van der Waals surface area contributed by atoms with E-state index in [9.17, 15) is 19.2 Å². The molecular weight excluding hydrogens is 591 g/mol. The van der Waals surface area contributed by atoms with Gasteiger partial charge in [0.05, 0.1) is 7.11 Å². The zero-order valence-corrected chi connectivity index (χ0v) is 26.6. The van der Waals surface area contributed by atoms with Gasteiger partial charge in [0.15, 0.2) is 0 Å². The first-order chi connectivity index (χ1) is 22.0. The zero-order valence-electron chi connectivity index (χ0n) is 26.6. The molecule has 5 rings (SSSR count). The molecule has 2 heterocycles. The number of hydrogen-bond donors (Lipinski definition) is 2. The number of anilines is 1. The minimum atomic E-state index is -0.791. The Hall–Kier alpha value is -5.10. The number of nitrogens with one attached hydrogen (secondary N) is 2. The first-order valence-corrected chi connectivity index (χ1v) is 15.0. The van der Waals surface area contributed by atoms with Gasteiger partial charge < -0.3 is 20.3 Å². The molecule has 0 aliphatic carbocycles. The highest BCUT2D eigenvalue weighted by Crippen LogP contribution is 2.37. The summed E-state index contributed by atoms with van der Waals surface area (Å²) >= 11 is 0. The lowest BCUT2D eigenvalue weighted by Gasteiger charge is -2.18. The van der Waals surface area contributed by atoms with Gasteiger partial charge in [-0.1, -0.05) is 30.3 Å². The molecule has 0 saturated carbocycles. The zero-order chi connectivity index (χ0) is 33.1. The third kappa shape index (κ3) is 6.34. The largest absolute Gasteiger partial charge is 0.496 e. The van der Waals surface area contributed by atoms with E-state index in [1.165, 1.54) is 27.3 Å². The highest BCUT2D eigenvalue weighted by atomic mass is 19.1. The summed E-state index contributed by atoms with van der Waals surface area (Å²) in [5.41, 5.74) is 3.89. The first kappa shape index (κ1) is 32.3. The summed E-state index contributed by atoms with van der Waals surface area (Å²) in [6.07, 6.45) is 1.47. The topological polar surface area (TPSA) is 128 Å². The number of amides is 2. The van der Waals surface area contributed by atoms with Crippen LogP contribution in [0.2, 0.25) is 0 Å². The lowest BCUT2D eigenvalue weighted by atomic mass is 9.90. The molecule has 2 N–H and O–H groups in total. The van der Waals surface area contributed by atoms with Crippen molar-refractivity contribution in [3.8, 4) is 28.0 Å². The molecule has 1 aromatic heterocycles. The van der Waals surface area contributed by atoms with Crippen LogP contribution in [0.15, 0.2) is 58.1 Å². The summed E-state index contributed by atoms with van der Waals surface area (Å²) < 4.78 is 22.9. The van der Waals surface area contributed by atoms with Gasteiger partial charge in [-0.15, -0.1) is 0 Å². The van der Waals surface area contributed by atoms with Gasteiger partial charge in [0.25, 0.3) is 11.5 Å². The van der Waals surface area contributed by atoms with Gasteiger partial charge in [0.1, 0.15) is 11.6 Å². The Bertz CT molecular complexity index is 1950. The standard InChI is InChI=1S/C34H37FN6O5/c1-20-23(22-17-27(35)26(29(18-22)46-5)19-36-14-16-41-15-8-13-30(41)42)9-6-10-24(20)25-11-7-12-28(21(25)2)37-32(43)31-33(44)39(3)34(45)40(4)38-31/h6-7,9-12,17-18,36H,8,13-16,19H2,1-5H3,(H,37,43). The third-order valence-corrected chi connectivity index (χ3v) is 8.46. The fourth-order valence-electron chi connectivity index (χ4n) is 5.81. The number of methoxy groups -OCH3 is 1. The number of halogens is 1. The molecule has 11 nitrogen and oxygen atoms in total. The minimum Gasteiger partial charge on any atom is -0.496 e. The van der Waals surface area contributed by atoms with Gasteiger partial charge in [-0.25, -0.2) is 13.9 Å².